The Labute approximate surface area is 111 Å². The quantitative estimate of drug-likeness (QED) is 0.862. The zero-order chi connectivity index (χ0) is 12.7. The van der Waals surface area contributed by atoms with Crippen LogP contribution in [0.15, 0.2) is 12.4 Å². The Morgan fingerprint density at radius 3 is 2.89 bits per heavy atom. The average molecular weight is 260 g/mol. The maximum Gasteiger partial charge on any atom is 0.133 e. The van der Waals surface area contributed by atoms with Gasteiger partial charge in [0.25, 0.3) is 0 Å². The molecule has 0 amide bonds. The van der Waals surface area contributed by atoms with Crippen LogP contribution in [0.1, 0.15) is 37.1 Å². The largest absolute Gasteiger partial charge is 0.343 e. The summed E-state index contributed by atoms with van der Waals surface area (Å²) in [5, 5.41) is 4.31. The summed E-state index contributed by atoms with van der Waals surface area (Å²) < 4.78 is 2.62. The predicted octanol–water partition coefficient (Wildman–Crippen LogP) is 3.21. The van der Waals surface area contributed by atoms with Gasteiger partial charge in [-0.1, -0.05) is 12.2 Å². The number of aromatic amines is 1. The van der Waals surface area contributed by atoms with Gasteiger partial charge in [-0.25, -0.2) is 4.98 Å². The Bertz CT molecular complexity index is 637. The first kappa shape index (κ1) is 11.6. The Morgan fingerprint density at radius 2 is 2.28 bits per heavy atom. The summed E-state index contributed by atoms with van der Waals surface area (Å²) in [5.74, 6) is 1.61. The van der Waals surface area contributed by atoms with E-state index in [0.717, 1.165) is 29.2 Å². The Kier molecular flexibility index (Phi) is 2.78. The predicted molar refractivity (Wildman–Crippen MR) is 73.0 cm³/mol. The summed E-state index contributed by atoms with van der Waals surface area (Å²) in [5.41, 5.74) is 3.19. The molecule has 0 saturated heterocycles. The molecule has 3 rings (SSSR count). The van der Waals surface area contributed by atoms with E-state index < -0.39 is 0 Å². The number of H-pyrrole nitrogens is 1. The number of aryl methyl sites for hydroxylation is 1. The molecule has 18 heavy (non-hydrogen) atoms. The van der Waals surface area contributed by atoms with Crippen molar-refractivity contribution in [2.45, 2.75) is 39.2 Å². The van der Waals surface area contributed by atoms with Crippen LogP contribution in [0.5, 0.6) is 0 Å². The molecule has 4 nitrogen and oxygen atoms in total. The molecule has 2 heterocycles. The maximum absolute atomic E-state index is 5.35. The lowest BCUT2D eigenvalue weighted by Crippen LogP contribution is -1.99. The van der Waals surface area contributed by atoms with Gasteiger partial charge in [0.05, 0.1) is 11.9 Å². The van der Waals surface area contributed by atoms with E-state index in [2.05, 4.69) is 22.0 Å². The molecule has 0 aromatic carbocycles. The summed E-state index contributed by atoms with van der Waals surface area (Å²) in [4.78, 5) is 7.92. The highest BCUT2D eigenvalue weighted by molar-refractivity contribution is 7.71. The summed E-state index contributed by atoms with van der Waals surface area (Å²) in [6, 6.07) is 0. The molecule has 1 aliphatic carbocycles. The molecule has 2 aromatic rings. The van der Waals surface area contributed by atoms with Gasteiger partial charge in [-0.05, 0) is 26.7 Å². The monoisotopic (exact) mass is 260 g/mol. The molecular formula is C13H16N4S. The van der Waals surface area contributed by atoms with Crippen molar-refractivity contribution in [1.82, 2.24) is 19.7 Å². The second-order valence-electron chi connectivity index (χ2n) is 4.79. The van der Waals surface area contributed by atoms with Crippen LogP contribution >= 0.6 is 12.2 Å². The van der Waals surface area contributed by atoms with E-state index in [1.807, 2.05) is 24.0 Å². The van der Waals surface area contributed by atoms with E-state index in [1.165, 1.54) is 12.8 Å². The normalized spacial score (nSPS) is 15.0. The van der Waals surface area contributed by atoms with E-state index in [-0.39, 0.29) is 0 Å². The molecule has 5 heteroatoms. The SMILES string of the molecule is CCn1cc(-c2[nH]c(C3CC3)nc(=S)c2C)cn1. The molecule has 1 fully saturated rings. The van der Waals surface area contributed by atoms with Crippen molar-refractivity contribution < 1.29 is 0 Å². The van der Waals surface area contributed by atoms with Crippen molar-refractivity contribution in [3.8, 4) is 11.3 Å². The fourth-order valence-corrected chi connectivity index (χ4v) is 2.25. The molecule has 1 saturated carbocycles. The fourth-order valence-electron chi connectivity index (χ4n) is 2.05. The van der Waals surface area contributed by atoms with Crippen molar-refractivity contribution in [1.29, 1.82) is 0 Å². The van der Waals surface area contributed by atoms with Gasteiger partial charge >= 0.3 is 0 Å². The van der Waals surface area contributed by atoms with Crippen molar-refractivity contribution >= 4 is 12.2 Å². The number of aromatic nitrogens is 4. The number of rotatable bonds is 3. The van der Waals surface area contributed by atoms with Crippen LogP contribution < -0.4 is 0 Å². The van der Waals surface area contributed by atoms with Gasteiger partial charge in [-0.15, -0.1) is 0 Å². The Balaban J connectivity index is 2.11. The molecule has 1 N–H and O–H groups in total. The summed E-state index contributed by atoms with van der Waals surface area (Å²) >= 11 is 5.35. The number of nitrogens with one attached hydrogen (secondary N) is 1. The molecule has 1 aliphatic rings. The van der Waals surface area contributed by atoms with Crippen molar-refractivity contribution in [3.63, 3.8) is 0 Å². The van der Waals surface area contributed by atoms with Crippen LogP contribution in [0, 0.1) is 11.6 Å². The van der Waals surface area contributed by atoms with Gasteiger partial charge in [0.15, 0.2) is 0 Å². The van der Waals surface area contributed by atoms with Crippen molar-refractivity contribution in [2.75, 3.05) is 0 Å². The second-order valence-corrected chi connectivity index (χ2v) is 5.17. The molecule has 0 unspecified atom stereocenters. The first-order valence-corrected chi connectivity index (χ1v) is 6.73. The van der Waals surface area contributed by atoms with Crippen LogP contribution in [0.4, 0.5) is 0 Å². The topological polar surface area (TPSA) is 46.5 Å². The van der Waals surface area contributed by atoms with Gasteiger partial charge in [0.1, 0.15) is 10.5 Å². The lowest BCUT2D eigenvalue weighted by Gasteiger charge is -2.07. The minimum absolute atomic E-state index is 0.576. The third kappa shape index (κ3) is 1.99. The molecule has 0 radical (unpaired) electrons. The van der Waals surface area contributed by atoms with E-state index >= 15 is 0 Å². The third-order valence-corrected chi connectivity index (χ3v) is 3.78. The highest BCUT2D eigenvalue weighted by atomic mass is 32.1. The maximum atomic E-state index is 5.35. The van der Waals surface area contributed by atoms with Crippen molar-refractivity contribution in [3.05, 3.63) is 28.4 Å². The lowest BCUT2D eigenvalue weighted by molar-refractivity contribution is 0.660. The van der Waals surface area contributed by atoms with Gasteiger partial charge < -0.3 is 4.98 Å². The smallest absolute Gasteiger partial charge is 0.133 e. The van der Waals surface area contributed by atoms with Crippen LogP contribution in [0.2, 0.25) is 0 Å². The van der Waals surface area contributed by atoms with Gasteiger partial charge in [0, 0.05) is 29.8 Å². The Hall–Kier alpha value is -1.49. The molecule has 94 valence electrons. The van der Waals surface area contributed by atoms with Gasteiger partial charge in [-0.3, -0.25) is 4.68 Å². The molecular weight excluding hydrogens is 244 g/mol. The minimum Gasteiger partial charge on any atom is -0.343 e. The van der Waals surface area contributed by atoms with Crippen LogP contribution in [0.3, 0.4) is 0 Å². The summed E-state index contributed by atoms with van der Waals surface area (Å²) in [6.45, 7) is 4.97. The van der Waals surface area contributed by atoms with Crippen LogP contribution in [-0.4, -0.2) is 19.7 Å². The van der Waals surface area contributed by atoms with Crippen molar-refractivity contribution in [2.24, 2.45) is 0 Å². The van der Waals surface area contributed by atoms with E-state index in [4.69, 9.17) is 12.2 Å². The molecule has 0 bridgehead atoms. The molecule has 0 aliphatic heterocycles. The van der Waals surface area contributed by atoms with E-state index in [0.29, 0.717) is 10.6 Å². The zero-order valence-corrected chi connectivity index (χ0v) is 11.4. The summed E-state index contributed by atoms with van der Waals surface area (Å²) in [6.07, 6.45) is 6.36. The fraction of sp³-hybridized carbons (Fsp3) is 0.462. The second kappa shape index (κ2) is 4.31. The lowest BCUT2D eigenvalue weighted by atomic mass is 10.1. The van der Waals surface area contributed by atoms with Crippen LogP contribution in [-0.2, 0) is 6.54 Å². The van der Waals surface area contributed by atoms with E-state index in [9.17, 15) is 0 Å². The Morgan fingerprint density at radius 1 is 1.50 bits per heavy atom. The van der Waals surface area contributed by atoms with Gasteiger partial charge in [0.2, 0.25) is 0 Å². The first-order chi connectivity index (χ1) is 8.69. The number of hydrogen-bond acceptors (Lipinski definition) is 3. The third-order valence-electron chi connectivity index (χ3n) is 3.38. The van der Waals surface area contributed by atoms with Crippen LogP contribution in [0.25, 0.3) is 11.3 Å². The standard InChI is InChI=1S/C13H16N4S/c1-3-17-7-10(6-14-17)11-8(2)13(18)16-12(15-11)9-4-5-9/h6-7,9H,3-5H2,1-2H3,(H,15,16,18). The minimum atomic E-state index is 0.576. The van der Waals surface area contributed by atoms with E-state index in [1.54, 1.807) is 0 Å². The van der Waals surface area contributed by atoms with Gasteiger partial charge in [-0.2, -0.15) is 5.10 Å². The number of hydrogen-bond donors (Lipinski definition) is 1. The zero-order valence-electron chi connectivity index (χ0n) is 10.6. The molecule has 2 aromatic heterocycles. The highest BCUT2D eigenvalue weighted by Crippen LogP contribution is 2.39. The molecule has 0 spiro atoms. The molecule has 0 atom stereocenters. The number of nitrogens with zero attached hydrogens (tertiary/aromatic N) is 3. The first-order valence-electron chi connectivity index (χ1n) is 6.32. The highest BCUT2D eigenvalue weighted by Gasteiger charge is 2.26. The summed E-state index contributed by atoms with van der Waals surface area (Å²) in [7, 11) is 0. The average Bonchev–Trinajstić information content (AvgIpc) is 3.11.